The molecule has 2 nitrogen and oxygen atoms in total. The zero-order valence-corrected chi connectivity index (χ0v) is 14.8. The van der Waals surface area contributed by atoms with Crippen LogP contribution in [0.15, 0.2) is 18.2 Å². The highest BCUT2D eigenvalue weighted by atomic mass is 19.1. The van der Waals surface area contributed by atoms with Gasteiger partial charge in [-0.3, -0.25) is 4.90 Å². The first-order chi connectivity index (χ1) is 10.4. The molecule has 1 atom stereocenters. The van der Waals surface area contributed by atoms with E-state index in [4.69, 9.17) is 0 Å². The van der Waals surface area contributed by atoms with Crippen LogP contribution in [0.2, 0.25) is 0 Å². The molecule has 0 aliphatic carbocycles. The van der Waals surface area contributed by atoms with Crippen molar-refractivity contribution in [1.29, 1.82) is 0 Å². The summed E-state index contributed by atoms with van der Waals surface area (Å²) in [6.07, 6.45) is 1.25. The minimum atomic E-state index is -0.0672. The highest BCUT2D eigenvalue weighted by Gasteiger charge is 2.24. The van der Waals surface area contributed by atoms with Gasteiger partial charge in [0.15, 0.2) is 0 Å². The normalized spacial score (nSPS) is 20.2. The van der Waals surface area contributed by atoms with Gasteiger partial charge in [0.2, 0.25) is 0 Å². The Hall–Kier alpha value is -1.09. The van der Waals surface area contributed by atoms with E-state index in [1.54, 1.807) is 6.07 Å². The van der Waals surface area contributed by atoms with Crippen LogP contribution in [0.1, 0.15) is 52.5 Å². The van der Waals surface area contributed by atoms with Gasteiger partial charge in [0.05, 0.1) is 0 Å². The lowest BCUT2D eigenvalue weighted by Gasteiger charge is -2.41. The molecule has 1 aromatic rings. The number of hydrogen-bond donors (Lipinski definition) is 0. The molecule has 1 aliphatic rings. The summed E-state index contributed by atoms with van der Waals surface area (Å²) in [5.74, 6) is 0.922. The molecule has 1 heterocycles. The van der Waals surface area contributed by atoms with Gasteiger partial charge >= 0.3 is 0 Å². The van der Waals surface area contributed by atoms with Crippen LogP contribution >= 0.6 is 0 Å². The molecule has 0 amide bonds. The van der Waals surface area contributed by atoms with Crippen molar-refractivity contribution in [2.24, 2.45) is 5.92 Å². The Morgan fingerprint density at radius 1 is 1.18 bits per heavy atom. The summed E-state index contributed by atoms with van der Waals surface area (Å²) in [6, 6.07) is 6.27. The van der Waals surface area contributed by atoms with Gasteiger partial charge in [-0.25, -0.2) is 4.39 Å². The number of anilines is 1. The summed E-state index contributed by atoms with van der Waals surface area (Å²) >= 11 is 0. The predicted molar refractivity (Wildman–Crippen MR) is 93.2 cm³/mol. The van der Waals surface area contributed by atoms with Gasteiger partial charge in [-0.15, -0.1) is 0 Å². The Morgan fingerprint density at radius 2 is 1.91 bits per heavy atom. The Bertz CT molecular complexity index is 484. The molecule has 1 aliphatic heterocycles. The van der Waals surface area contributed by atoms with E-state index in [1.807, 2.05) is 19.9 Å². The van der Waals surface area contributed by atoms with Crippen molar-refractivity contribution in [1.82, 2.24) is 4.90 Å². The van der Waals surface area contributed by atoms with E-state index >= 15 is 0 Å². The zero-order chi connectivity index (χ0) is 16.3. The fourth-order valence-electron chi connectivity index (χ4n) is 3.17. The van der Waals surface area contributed by atoms with E-state index in [0.29, 0.717) is 6.04 Å². The number of piperazine rings is 1. The van der Waals surface area contributed by atoms with Crippen LogP contribution in [0.25, 0.3) is 0 Å². The van der Waals surface area contributed by atoms with E-state index < -0.39 is 0 Å². The van der Waals surface area contributed by atoms with Gasteiger partial charge in [0.25, 0.3) is 0 Å². The molecule has 2 rings (SSSR count). The molecule has 0 spiro atoms. The van der Waals surface area contributed by atoms with Crippen molar-refractivity contribution in [3.8, 4) is 0 Å². The minimum absolute atomic E-state index is 0.0672. The van der Waals surface area contributed by atoms with Gasteiger partial charge in [0, 0.05) is 31.4 Å². The van der Waals surface area contributed by atoms with Crippen LogP contribution in [-0.4, -0.2) is 37.1 Å². The number of hydrogen-bond acceptors (Lipinski definition) is 2. The van der Waals surface area contributed by atoms with Crippen LogP contribution < -0.4 is 4.90 Å². The molecule has 0 bridgehead atoms. The Labute approximate surface area is 135 Å². The van der Waals surface area contributed by atoms with Gasteiger partial charge in [0.1, 0.15) is 5.82 Å². The molecule has 3 heteroatoms. The number of rotatable bonds is 5. The van der Waals surface area contributed by atoms with Crippen molar-refractivity contribution >= 4 is 5.69 Å². The van der Waals surface area contributed by atoms with Crippen molar-refractivity contribution in [3.63, 3.8) is 0 Å². The first kappa shape index (κ1) is 17.3. The van der Waals surface area contributed by atoms with Crippen LogP contribution in [0.3, 0.4) is 0 Å². The lowest BCUT2D eigenvalue weighted by Crippen LogP contribution is -2.52. The first-order valence-electron chi connectivity index (χ1n) is 8.67. The van der Waals surface area contributed by atoms with E-state index in [2.05, 4.69) is 36.6 Å². The van der Waals surface area contributed by atoms with E-state index in [9.17, 15) is 4.39 Å². The topological polar surface area (TPSA) is 6.48 Å². The Morgan fingerprint density at radius 3 is 2.45 bits per heavy atom. The molecule has 0 saturated carbocycles. The molecule has 0 aromatic heterocycles. The van der Waals surface area contributed by atoms with Crippen LogP contribution in [0.4, 0.5) is 10.1 Å². The van der Waals surface area contributed by atoms with E-state index in [0.717, 1.165) is 36.8 Å². The van der Waals surface area contributed by atoms with Gasteiger partial charge < -0.3 is 4.90 Å². The summed E-state index contributed by atoms with van der Waals surface area (Å²) in [5, 5.41) is 0. The van der Waals surface area contributed by atoms with Gasteiger partial charge in [-0.2, -0.15) is 0 Å². The van der Waals surface area contributed by atoms with Crippen LogP contribution in [0, 0.1) is 11.7 Å². The highest BCUT2D eigenvalue weighted by Crippen LogP contribution is 2.25. The van der Waals surface area contributed by atoms with Crippen LogP contribution in [0.5, 0.6) is 0 Å². The minimum Gasteiger partial charge on any atom is -0.369 e. The maximum Gasteiger partial charge on any atom is 0.128 e. The molecule has 1 aromatic carbocycles. The summed E-state index contributed by atoms with van der Waals surface area (Å²) in [5.41, 5.74) is 1.84. The molecule has 1 fully saturated rings. The first-order valence-corrected chi connectivity index (χ1v) is 8.67. The summed E-state index contributed by atoms with van der Waals surface area (Å²) < 4.78 is 14.2. The third-order valence-electron chi connectivity index (χ3n) is 4.73. The second kappa shape index (κ2) is 7.45. The quantitative estimate of drug-likeness (QED) is 0.790. The smallest absolute Gasteiger partial charge is 0.128 e. The number of benzene rings is 1. The molecular weight excluding hydrogens is 275 g/mol. The highest BCUT2D eigenvalue weighted by molar-refractivity contribution is 5.49. The van der Waals surface area contributed by atoms with Crippen molar-refractivity contribution in [2.45, 2.75) is 53.0 Å². The van der Waals surface area contributed by atoms with E-state index in [-0.39, 0.29) is 11.7 Å². The van der Waals surface area contributed by atoms with Gasteiger partial charge in [-0.1, -0.05) is 33.8 Å². The van der Waals surface area contributed by atoms with Crippen molar-refractivity contribution < 1.29 is 4.39 Å². The standard InChI is InChI=1S/C19H31FN2/c1-14(2)8-9-21-10-11-22(13-16(21)5)17-6-7-18(15(3)4)19(20)12-17/h6-7,12,14-16H,8-11,13H2,1-5H3/t16-/m1/s1. The van der Waals surface area contributed by atoms with E-state index in [1.165, 1.54) is 13.0 Å². The maximum absolute atomic E-state index is 14.2. The monoisotopic (exact) mass is 306 g/mol. The average Bonchev–Trinajstić information content (AvgIpc) is 2.45. The lowest BCUT2D eigenvalue weighted by atomic mass is 10.0. The average molecular weight is 306 g/mol. The second-order valence-corrected chi connectivity index (χ2v) is 7.37. The molecule has 0 radical (unpaired) electrons. The van der Waals surface area contributed by atoms with Gasteiger partial charge in [-0.05, 0) is 49.4 Å². The molecule has 22 heavy (non-hydrogen) atoms. The largest absolute Gasteiger partial charge is 0.369 e. The Kier molecular flexibility index (Phi) is 5.85. The number of nitrogens with zero attached hydrogens (tertiary/aromatic N) is 2. The SMILES string of the molecule is CC(C)CCN1CCN(c2ccc(C(C)C)c(F)c2)C[C@H]1C. The molecule has 1 saturated heterocycles. The third kappa shape index (κ3) is 4.22. The summed E-state index contributed by atoms with van der Waals surface area (Å²) in [4.78, 5) is 4.89. The van der Waals surface area contributed by atoms with Crippen molar-refractivity contribution in [2.75, 3.05) is 31.1 Å². The fourth-order valence-corrected chi connectivity index (χ4v) is 3.17. The second-order valence-electron chi connectivity index (χ2n) is 7.37. The zero-order valence-electron chi connectivity index (χ0n) is 14.8. The molecular formula is C19H31FN2. The molecule has 0 N–H and O–H groups in total. The number of halogens is 1. The molecule has 124 valence electrons. The molecule has 0 unspecified atom stereocenters. The lowest BCUT2D eigenvalue weighted by molar-refractivity contribution is 0.180. The van der Waals surface area contributed by atoms with Crippen molar-refractivity contribution in [3.05, 3.63) is 29.6 Å². The summed E-state index contributed by atoms with van der Waals surface area (Å²) in [7, 11) is 0. The predicted octanol–water partition coefficient (Wildman–Crippen LogP) is 4.51. The Balaban J connectivity index is 1.99. The fraction of sp³-hybridized carbons (Fsp3) is 0.684. The summed E-state index contributed by atoms with van der Waals surface area (Å²) in [6.45, 7) is 15.1. The maximum atomic E-state index is 14.2. The van der Waals surface area contributed by atoms with Crippen LogP contribution in [-0.2, 0) is 0 Å². The third-order valence-corrected chi connectivity index (χ3v) is 4.73.